The Morgan fingerprint density at radius 2 is 2.00 bits per heavy atom. The van der Waals surface area contributed by atoms with Crippen LogP contribution in [-0.4, -0.2) is 11.8 Å². The molecule has 1 aromatic rings. The first-order chi connectivity index (χ1) is 5.78. The summed E-state index contributed by atoms with van der Waals surface area (Å²) in [6.45, 7) is -0.357. The van der Waals surface area contributed by atoms with Gasteiger partial charge in [0.25, 0.3) is 0 Å². The maximum Gasteiger partial charge on any atom is 0.119 e. The molecule has 0 spiro atoms. The van der Waals surface area contributed by atoms with Gasteiger partial charge in [-0.15, -0.1) is 0 Å². The van der Waals surface area contributed by atoms with Crippen LogP contribution in [0.2, 0.25) is 0 Å². The van der Waals surface area contributed by atoms with Gasteiger partial charge < -0.3 is 5.11 Å². The predicted molar refractivity (Wildman–Crippen MR) is 45.0 cm³/mol. The molecule has 0 heterocycles. The molecule has 1 aromatic carbocycles. The molecule has 64 valence electrons. The van der Waals surface area contributed by atoms with Crippen molar-refractivity contribution in [2.45, 2.75) is 18.3 Å². The van der Waals surface area contributed by atoms with Crippen molar-refractivity contribution >= 4 is 0 Å². The van der Waals surface area contributed by atoms with Gasteiger partial charge in [0.2, 0.25) is 0 Å². The van der Waals surface area contributed by atoms with Crippen LogP contribution in [-0.2, 0) is 5.41 Å². The third-order valence-electron chi connectivity index (χ3n) is 2.58. The van der Waals surface area contributed by atoms with Gasteiger partial charge in [-0.1, -0.05) is 18.2 Å². The Morgan fingerprint density at radius 1 is 1.33 bits per heavy atom. The second kappa shape index (κ2) is 2.47. The molecule has 2 rings (SSSR count). The van der Waals surface area contributed by atoms with E-state index in [0.29, 0.717) is 0 Å². The van der Waals surface area contributed by atoms with E-state index in [0.717, 1.165) is 18.4 Å². The second-order valence-electron chi connectivity index (χ2n) is 3.43. The van der Waals surface area contributed by atoms with Crippen LogP contribution in [0.15, 0.2) is 24.3 Å². The van der Waals surface area contributed by atoms with Gasteiger partial charge in [0.05, 0.1) is 6.67 Å². The molecule has 1 N–H and O–H groups in total. The molecule has 1 aliphatic carbocycles. The second-order valence-corrected chi connectivity index (χ2v) is 3.43. The monoisotopic (exact) mass is 166 g/mol. The van der Waals surface area contributed by atoms with Crippen LogP contribution in [0, 0.1) is 0 Å². The van der Waals surface area contributed by atoms with Gasteiger partial charge in [0.15, 0.2) is 0 Å². The van der Waals surface area contributed by atoms with Gasteiger partial charge in [0, 0.05) is 11.0 Å². The van der Waals surface area contributed by atoms with Crippen LogP contribution in [0.1, 0.15) is 18.4 Å². The minimum Gasteiger partial charge on any atom is -0.508 e. The number of para-hydroxylation sites is 1. The average Bonchev–Trinajstić information content (AvgIpc) is 2.86. The number of hydrogen-bond acceptors (Lipinski definition) is 1. The molecule has 0 unspecified atom stereocenters. The van der Waals surface area contributed by atoms with Gasteiger partial charge in [-0.2, -0.15) is 0 Å². The van der Waals surface area contributed by atoms with Crippen molar-refractivity contribution in [3.05, 3.63) is 29.8 Å². The van der Waals surface area contributed by atoms with Crippen molar-refractivity contribution in [2.75, 3.05) is 6.67 Å². The van der Waals surface area contributed by atoms with Crippen molar-refractivity contribution in [3.8, 4) is 5.75 Å². The molecule has 1 saturated carbocycles. The molecule has 0 amide bonds. The van der Waals surface area contributed by atoms with Crippen molar-refractivity contribution in [1.82, 2.24) is 0 Å². The summed E-state index contributed by atoms with van der Waals surface area (Å²) in [6, 6.07) is 7.02. The quantitative estimate of drug-likeness (QED) is 0.715. The lowest BCUT2D eigenvalue weighted by Gasteiger charge is -2.11. The Balaban J connectivity index is 2.40. The summed E-state index contributed by atoms with van der Waals surface area (Å²) in [7, 11) is 0. The zero-order valence-electron chi connectivity index (χ0n) is 6.76. The standard InChI is InChI=1S/C10H11FO/c11-7-10(5-6-10)8-3-1-2-4-9(8)12/h1-4,12H,5-7H2. The van der Waals surface area contributed by atoms with E-state index in [1.54, 1.807) is 12.1 Å². The Morgan fingerprint density at radius 3 is 2.50 bits per heavy atom. The Hall–Kier alpha value is -1.05. The minimum absolute atomic E-state index is 0.229. The van der Waals surface area contributed by atoms with Crippen molar-refractivity contribution in [3.63, 3.8) is 0 Å². The third kappa shape index (κ3) is 0.986. The van der Waals surface area contributed by atoms with Crippen LogP contribution in [0.3, 0.4) is 0 Å². The van der Waals surface area contributed by atoms with Crippen molar-refractivity contribution in [2.24, 2.45) is 0 Å². The van der Waals surface area contributed by atoms with E-state index in [1.165, 1.54) is 0 Å². The van der Waals surface area contributed by atoms with Gasteiger partial charge >= 0.3 is 0 Å². The molecule has 2 heteroatoms. The topological polar surface area (TPSA) is 20.2 Å². The van der Waals surface area contributed by atoms with Crippen LogP contribution < -0.4 is 0 Å². The molecule has 0 bridgehead atoms. The SMILES string of the molecule is Oc1ccccc1C1(CF)CC1. The van der Waals surface area contributed by atoms with Gasteiger partial charge in [0.1, 0.15) is 5.75 Å². The van der Waals surface area contributed by atoms with Crippen LogP contribution in [0.5, 0.6) is 5.75 Å². The molecule has 1 nitrogen and oxygen atoms in total. The summed E-state index contributed by atoms with van der Waals surface area (Å²) in [4.78, 5) is 0. The molecule has 0 aliphatic heterocycles. The maximum atomic E-state index is 12.6. The number of halogens is 1. The van der Waals surface area contributed by atoms with Gasteiger partial charge in [-0.05, 0) is 18.9 Å². The number of alkyl halides is 1. The molecule has 1 aliphatic rings. The lowest BCUT2D eigenvalue weighted by molar-refractivity contribution is 0.398. The zero-order valence-corrected chi connectivity index (χ0v) is 6.76. The normalized spacial score (nSPS) is 19.1. The first-order valence-corrected chi connectivity index (χ1v) is 4.13. The average molecular weight is 166 g/mol. The summed E-state index contributed by atoms with van der Waals surface area (Å²) in [5.74, 6) is 0.229. The summed E-state index contributed by atoms with van der Waals surface area (Å²) < 4.78 is 12.6. The van der Waals surface area contributed by atoms with Gasteiger partial charge in [-0.25, -0.2) is 0 Å². The zero-order chi connectivity index (χ0) is 8.60. The van der Waals surface area contributed by atoms with Crippen molar-refractivity contribution < 1.29 is 9.50 Å². The molecule has 0 atom stereocenters. The molecule has 1 fully saturated rings. The predicted octanol–water partition coefficient (Wildman–Crippen LogP) is 2.39. The largest absolute Gasteiger partial charge is 0.508 e. The van der Waals surface area contributed by atoms with Crippen LogP contribution in [0.4, 0.5) is 4.39 Å². The summed E-state index contributed by atoms with van der Waals surface area (Å²) in [5.41, 5.74) is 0.429. The van der Waals surface area contributed by atoms with E-state index in [4.69, 9.17) is 0 Å². The smallest absolute Gasteiger partial charge is 0.119 e. The molecule has 0 aromatic heterocycles. The number of benzene rings is 1. The van der Waals surface area contributed by atoms with Crippen LogP contribution >= 0.6 is 0 Å². The highest BCUT2D eigenvalue weighted by Gasteiger charge is 2.45. The minimum atomic E-state index is -0.357. The van der Waals surface area contributed by atoms with E-state index < -0.39 is 0 Å². The molecular formula is C10H11FO. The molecular weight excluding hydrogens is 155 g/mol. The number of phenolic OH excluding ortho intramolecular Hbond substituents is 1. The lowest BCUT2D eigenvalue weighted by Crippen LogP contribution is -2.08. The molecule has 12 heavy (non-hydrogen) atoms. The summed E-state index contributed by atoms with van der Waals surface area (Å²) in [5, 5.41) is 9.45. The Bertz CT molecular complexity index is 292. The van der Waals surface area contributed by atoms with Crippen LogP contribution in [0.25, 0.3) is 0 Å². The number of phenols is 1. The maximum absolute atomic E-state index is 12.6. The molecule has 0 radical (unpaired) electrons. The highest BCUT2D eigenvalue weighted by Crippen LogP contribution is 2.51. The number of aromatic hydroxyl groups is 1. The van der Waals surface area contributed by atoms with E-state index in [2.05, 4.69) is 0 Å². The summed E-state index contributed by atoms with van der Waals surface area (Å²) in [6.07, 6.45) is 1.72. The van der Waals surface area contributed by atoms with Crippen molar-refractivity contribution in [1.29, 1.82) is 0 Å². The number of hydrogen-bond donors (Lipinski definition) is 1. The number of rotatable bonds is 2. The first kappa shape index (κ1) is 7.59. The van der Waals surface area contributed by atoms with E-state index >= 15 is 0 Å². The Labute approximate surface area is 70.8 Å². The first-order valence-electron chi connectivity index (χ1n) is 4.13. The fourth-order valence-corrected chi connectivity index (χ4v) is 1.55. The highest BCUT2D eigenvalue weighted by atomic mass is 19.1. The lowest BCUT2D eigenvalue weighted by atomic mass is 9.97. The fraction of sp³-hybridized carbons (Fsp3) is 0.400. The third-order valence-corrected chi connectivity index (χ3v) is 2.58. The van der Waals surface area contributed by atoms with E-state index in [-0.39, 0.29) is 17.8 Å². The molecule has 0 saturated heterocycles. The fourth-order valence-electron chi connectivity index (χ4n) is 1.55. The highest BCUT2D eigenvalue weighted by molar-refractivity contribution is 5.42. The van der Waals surface area contributed by atoms with E-state index in [1.807, 2.05) is 12.1 Å². The van der Waals surface area contributed by atoms with Gasteiger partial charge in [-0.3, -0.25) is 4.39 Å². The summed E-state index contributed by atoms with van der Waals surface area (Å²) >= 11 is 0. The Kier molecular flexibility index (Phi) is 1.56. The van der Waals surface area contributed by atoms with E-state index in [9.17, 15) is 9.50 Å².